The number of benzene rings is 3. The van der Waals surface area contributed by atoms with Crippen LogP contribution in [-0.2, 0) is 10.4 Å². The van der Waals surface area contributed by atoms with E-state index >= 15 is 0 Å². The number of pyridine rings is 1. The molecule has 0 aliphatic rings. The largest absolute Gasteiger partial charge is 0.372 e. The fraction of sp³-hybridized carbons (Fsp3) is 0.107. The standard InChI is InChI=1S/C28H25N3O2/c1-20-9-6-14-24(17-20)28(33,25-15-7-10-21(2)18-25)27(32)31-30-26(22-11-4-3-5-12-22)23-13-8-16-29-19-23/h3-19,33H,1-2H3,(H,31,32)/b30-26-. The molecule has 0 saturated heterocycles. The highest BCUT2D eigenvalue weighted by Gasteiger charge is 2.40. The number of amides is 1. The second kappa shape index (κ2) is 9.59. The first-order chi connectivity index (χ1) is 16.0. The number of aryl methyl sites for hydroxylation is 2. The Morgan fingerprint density at radius 2 is 1.42 bits per heavy atom. The van der Waals surface area contributed by atoms with E-state index in [0.717, 1.165) is 22.3 Å². The van der Waals surface area contributed by atoms with Gasteiger partial charge >= 0.3 is 0 Å². The van der Waals surface area contributed by atoms with E-state index in [0.29, 0.717) is 16.8 Å². The highest BCUT2D eigenvalue weighted by Crippen LogP contribution is 2.31. The van der Waals surface area contributed by atoms with E-state index in [1.165, 1.54) is 0 Å². The van der Waals surface area contributed by atoms with Gasteiger partial charge < -0.3 is 5.11 Å². The molecule has 0 bridgehead atoms. The molecule has 5 nitrogen and oxygen atoms in total. The summed E-state index contributed by atoms with van der Waals surface area (Å²) in [5.74, 6) is -0.643. The molecule has 164 valence electrons. The van der Waals surface area contributed by atoms with Crippen LogP contribution in [0.5, 0.6) is 0 Å². The number of hydrogen-bond donors (Lipinski definition) is 2. The maximum atomic E-state index is 13.6. The van der Waals surface area contributed by atoms with Gasteiger partial charge in [0.15, 0.2) is 5.60 Å². The van der Waals surface area contributed by atoms with Crippen LogP contribution in [0.3, 0.4) is 0 Å². The van der Waals surface area contributed by atoms with Crippen LogP contribution in [0.15, 0.2) is 108 Å². The van der Waals surface area contributed by atoms with Gasteiger partial charge in [-0.3, -0.25) is 9.78 Å². The Hall–Kier alpha value is -4.09. The maximum absolute atomic E-state index is 13.6. The second-order valence-electron chi connectivity index (χ2n) is 7.96. The molecule has 3 aromatic carbocycles. The second-order valence-corrected chi connectivity index (χ2v) is 7.96. The number of carbonyl (C=O) groups is 1. The summed E-state index contributed by atoms with van der Waals surface area (Å²) in [5, 5.41) is 16.3. The summed E-state index contributed by atoms with van der Waals surface area (Å²) in [5.41, 5.74) is 5.66. The van der Waals surface area contributed by atoms with Gasteiger partial charge in [-0.05, 0) is 37.1 Å². The molecule has 0 aliphatic heterocycles. The molecule has 2 N–H and O–H groups in total. The summed E-state index contributed by atoms with van der Waals surface area (Å²) in [6, 6.07) is 27.8. The van der Waals surface area contributed by atoms with Crippen molar-refractivity contribution in [1.29, 1.82) is 0 Å². The first-order valence-corrected chi connectivity index (χ1v) is 10.7. The van der Waals surface area contributed by atoms with Gasteiger partial charge in [-0.15, -0.1) is 0 Å². The molecule has 0 unspecified atom stereocenters. The quantitative estimate of drug-likeness (QED) is 0.346. The van der Waals surface area contributed by atoms with Crippen molar-refractivity contribution in [3.05, 3.63) is 137 Å². The molecule has 0 spiro atoms. The number of nitrogens with zero attached hydrogens (tertiary/aromatic N) is 2. The molecule has 0 saturated carbocycles. The Morgan fingerprint density at radius 3 is 1.97 bits per heavy atom. The van der Waals surface area contributed by atoms with Gasteiger partial charge in [0.1, 0.15) is 0 Å². The lowest BCUT2D eigenvalue weighted by Gasteiger charge is -2.28. The fourth-order valence-corrected chi connectivity index (χ4v) is 3.75. The van der Waals surface area contributed by atoms with Crippen LogP contribution in [0.25, 0.3) is 0 Å². The van der Waals surface area contributed by atoms with Gasteiger partial charge in [0, 0.05) is 23.5 Å². The molecule has 1 heterocycles. The van der Waals surface area contributed by atoms with Crippen molar-refractivity contribution >= 4 is 11.6 Å². The highest BCUT2D eigenvalue weighted by atomic mass is 16.3. The molecule has 4 aromatic rings. The number of hydrogen-bond acceptors (Lipinski definition) is 4. The van der Waals surface area contributed by atoms with Gasteiger partial charge in [0.05, 0.1) is 5.71 Å². The van der Waals surface area contributed by atoms with Crippen molar-refractivity contribution in [3.63, 3.8) is 0 Å². The van der Waals surface area contributed by atoms with Gasteiger partial charge in [0.25, 0.3) is 5.91 Å². The zero-order valence-corrected chi connectivity index (χ0v) is 18.6. The summed E-state index contributed by atoms with van der Waals surface area (Å²) in [4.78, 5) is 17.8. The summed E-state index contributed by atoms with van der Waals surface area (Å²) < 4.78 is 0. The van der Waals surface area contributed by atoms with Crippen molar-refractivity contribution in [3.8, 4) is 0 Å². The zero-order valence-electron chi connectivity index (χ0n) is 18.6. The van der Waals surface area contributed by atoms with E-state index in [-0.39, 0.29) is 0 Å². The first kappa shape index (κ1) is 22.1. The molecule has 1 aromatic heterocycles. The smallest absolute Gasteiger partial charge is 0.281 e. The van der Waals surface area contributed by atoms with Crippen LogP contribution in [0.1, 0.15) is 33.4 Å². The van der Waals surface area contributed by atoms with E-state index in [1.807, 2.05) is 92.7 Å². The molecule has 5 heteroatoms. The molecule has 0 aliphatic carbocycles. The SMILES string of the molecule is Cc1cccc(C(O)(C(=O)N/N=C(/c2ccccc2)c2cccnc2)c2cccc(C)c2)c1. The van der Waals surface area contributed by atoms with Crippen molar-refractivity contribution in [2.75, 3.05) is 0 Å². The monoisotopic (exact) mass is 435 g/mol. The third-order valence-electron chi connectivity index (χ3n) is 5.45. The molecule has 0 atom stereocenters. The van der Waals surface area contributed by atoms with Crippen molar-refractivity contribution in [2.24, 2.45) is 5.10 Å². The summed E-state index contributed by atoms with van der Waals surface area (Å²) in [6.45, 7) is 3.85. The van der Waals surface area contributed by atoms with Crippen LogP contribution in [0.4, 0.5) is 0 Å². The number of aliphatic hydroxyl groups is 1. The maximum Gasteiger partial charge on any atom is 0.281 e. The zero-order chi connectivity index (χ0) is 23.3. The highest BCUT2D eigenvalue weighted by molar-refractivity contribution is 6.13. The summed E-state index contributed by atoms with van der Waals surface area (Å²) in [7, 11) is 0. The number of hydrazone groups is 1. The first-order valence-electron chi connectivity index (χ1n) is 10.7. The van der Waals surface area contributed by atoms with Gasteiger partial charge in [-0.2, -0.15) is 5.10 Å². The predicted octanol–water partition coefficient (Wildman–Crippen LogP) is 4.50. The molecule has 1 amide bonds. The molecular formula is C28H25N3O2. The van der Waals surface area contributed by atoms with Crippen LogP contribution in [0.2, 0.25) is 0 Å². The third kappa shape index (κ3) is 4.73. The van der Waals surface area contributed by atoms with Gasteiger partial charge in [0.2, 0.25) is 0 Å². The lowest BCUT2D eigenvalue weighted by Crippen LogP contribution is -2.44. The predicted molar refractivity (Wildman–Crippen MR) is 130 cm³/mol. The van der Waals surface area contributed by atoms with E-state index in [9.17, 15) is 9.90 Å². The minimum absolute atomic E-state index is 0.475. The number of carbonyl (C=O) groups excluding carboxylic acids is 1. The Labute approximate surface area is 193 Å². The Kier molecular flexibility index (Phi) is 6.43. The van der Waals surface area contributed by atoms with E-state index in [4.69, 9.17) is 0 Å². The van der Waals surface area contributed by atoms with Crippen molar-refractivity contribution in [2.45, 2.75) is 19.4 Å². The van der Waals surface area contributed by atoms with E-state index < -0.39 is 11.5 Å². The Bertz CT molecular complexity index is 1200. The molecule has 33 heavy (non-hydrogen) atoms. The van der Waals surface area contributed by atoms with E-state index in [2.05, 4.69) is 15.5 Å². The lowest BCUT2D eigenvalue weighted by atomic mass is 9.84. The van der Waals surface area contributed by atoms with Gasteiger partial charge in [-0.25, -0.2) is 5.43 Å². The van der Waals surface area contributed by atoms with Crippen LogP contribution >= 0.6 is 0 Å². The molecular weight excluding hydrogens is 410 g/mol. The third-order valence-corrected chi connectivity index (χ3v) is 5.45. The molecule has 4 rings (SSSR count). The molecule has 0 radical (unpaired) electrons. The Balaban J connectivity index is 1.78. The minimum Gasteiger partial charge on any atom is -0.372 e. The minimum atomic E-state index is -1.92. The van der Waals surface area contributed by atoms with Crippen LogP contribution < -0.4 is 5.43 Å². The fourth-order valence-electron chi connectivity index (χ4n) is 3.75. The number of aromatic nitrogens is 1. The van der Waals surface area contributed by atoms with Crippen LogP contribution in [-0.4, -0.2) is 21.7 Å². The average Bonchev–Trinajstić information content (AvgIpc) is 2.85. The average molecular weight is 436 g/mol. The summed E-state index contributed by atoms with van der Waals surface area (Å²) in [6.07, 6.45) is 3.37. The Morgan fingerprint density at radius 1 is 0.818 bits per heavy atom. The van der Waals surface area contributed by atoms with Gasteiger partial charge in [-0.1, -0.05) is 90.0 Å². The van der Waals surface area contributed by atoms with Crippen molar-refractivity contribution in [1.82, 2.24) is 10.4 Å². The number of rotatable bonds is 6. The topological polar surface area (TPSA) is 74.6 Å². The summed E-state index contributed by atoms with van der Waals surface area (Å²) >= 11 is 0. The van der Waals surface area contributed by atoms with Crippen molar-refractivity contribution < 1.29 is 9.90 Å². The van der Waals surface area contributed by atoms with E-state index in [1.54, 1.807) is 24.5 Å². The molecule has 0 fully saturated rings. The van der Waals surface area contributed by atoms with Crippen LogP contribution in [0, 0.1) is 13.8 Å². The lowest BCUT2D eigenvalue weighted by molar-refractivity contribution is -0.136. The number of nitrogens with one attached hydrogen (secondary N) is 1. The normalized spacial score (nSPS) is 11.8.